The van der Waals surface area contributed by atoms with Gasteiger partial charge in [0.05, 0.1) is 5.25 Å². The third-order valence-corrected chi connectivity index (χ3v) is 5.02. The Hall–Kier alpha value is -1.23. The summed E-state index contributed by atoms with van der Waals surface area (Å²) in [5.74, 6) is 0.573. The Labute approximate surface area is 124 Å². The second-order valence-electron chi connectivity index (χ2n) is 5.50. The van der Waals surface area contributed by atoms with Crippen LogP contribution < -0.4 is 10.0 Å². The van der Waals surface area contributed by atoms with Crippen molar-refractivity contribution in [3.63, 3.8) is 0 Å². The summed E-state index contributed by atoms with van der Waals surface area (Å²) in [6, 6.07) is 5.52. The summed E-state index contributed by atoms with van der Waals surface area (Å²) >= 11 is 1.31. The minimum absolute atomic E-state index is 0.0256. The van der Waals surface area contributed by atoms with Gasteiger partial charge in [0.25, 0.3) is 5.03 Å². The van der Waals surface area contributed by atoms with Gasteiger partial charge in [-0.2, -0.15) is 4.73 Å². The maximum atomic E-state index is 12.2. The van der Waals surface area contributed by atoms with E-state index in [0.29, 0.717) is 10.9 Å². The molecule has 4 nitrogen and oxygen atoms in total. The maximum Gasteiger partial charge on any atom is 0.252 e. The van der Waals surface area contributed by atoms with Crippen molar-refractivity contribution in [2.75, 3.05) is 0 Å². The number of carbonyl (C=O) groups excluding carboxylic acids is 1. The molecule has 1 saturated carbocycles. The number of nitrogens with zero attached hydrogens (tertiary/aromatic N) is 1. The zero-order chi connectivity index (χ0) is 14.5. The number of nitrogens with one attached hydrogen (secondary N) is 1. The number of hydrogen-bond acceptors (Lipinski definition) is 3. The summed E-state index contributed by atoms with van der Waals surface area (Å²) in [4.78, 5) is 12.2. The van der Waals surface area contributed by atoms with Gasteiger partial charge in [-0.25, -0.2) is 0 Å². The molecule has 1 amide bonds. The second-order valence-corrected chi connectivity index (χ2v) is 6.86. The van der Waals surface area contributed by atoms with Crippen molar-refractivity contribution in [3.8, 4) is 0 Å². The molecule has 0 spiro atoms. The van der Waals surface area contributed by atoms with E-state index in [4.69, 9.17) is 0 Å². The average Bonchev–Trinajstić information content (AvgIpc) is 2.43. The van der Waals surface area contributed by atoms with Gasteiger partial charge < -0.3 is 10.5 Å². The molecule has 1 heterocycles. The lowest BCUT2D eigenvalue weighted by Gasteiger charge is -2.30. The quantitative estimate of drug-likeness (QED) is 0.527. The second kappa shape index (κ2) is 6.97. The summed E-state index contributed by atoms with van der Waals surface area (Å²) in [6.45, 7) is 4.05. The van der Waals surface area contributed by atoms with Gasteiger partial charge in [-0.3, -0.25) is 4.79 Å². The molecule has 0 aliphatic heterocycles. The van der Waals surface area contributed by atoms with Gasteiger partial charge in [-0.15, -0.1) is 0 Å². The number of aromatic nitrogens is 1. The summed E-state index contributed by atoms with van der Waals surface area (Å²) in [7, 11) is 0. The van der Waals surface area contributed by atoms with E-state index in [2.05, 4.69) is 12.2 Å². The van der Waals surface area contributed by atoms with Crippen LogP contribution in [0.3, 0.4) is 0 Å². The van der Waals surface area contributed by atoms with Crippen molar-refractivity contribution >= 4 is 17.7 Å². The van der Waals surface area contributed by atoms with Gasteiger partial charge in [-0.1, -0.05) is 19.8 Å². The lowest BCUT2D eigenvalue weighted by Crippen LogP contribution is -2.44. The molecule has 1 aliphatic carbocycles. The van der Waals surface area contributed by atoms with Crippen LogP contribution in [0.1, 0.15) is 39.5 Å². The fourth-order valence-electron chi connectivity index (χ4n) is 2.57. The van der Waals surface area contributed by atoms with Gasteiger partial charge >= 0.3 is 0 Å². The topological polar surface area (TPSA) is 56.0 Å². The number of thioether (sulfide) groups is 1. The molecule has 3 atom stereocenters. The number of hydrogen-bond donors (Lipinski definition) is 1. The standard InChI is InChI=1S/C15H22N2O2S/c1-11-7-3-4-8-13(11)16-15(18)12(2)20-14-9-5-6-10-17(14)19/h5-6,9-13H,3-4,7-8H2,1-2H3,(H,16,18)/t11-,12-,13+/m1/s1. The number of carbonyl (C=O) groups is 1. The lowest BCUT2D eigenvalue weighted by atomic mass is 9.86. The number of rotatable bonds is 4. The molecular weight excluding hydrogens is 272 g/mol. The molecule has 0 bridgehead atoms. The molecule has 110 valence electrons. The molecule has 1 aromatic rings. The molecule has 0 aromatic carbocycles. The van der Waals surface area contributed by atoms with Crippen LogP contribution in [0.2, 0.25) is 0 Å². The fraction of sp³-hybridized carbons (Fsp3) is 0.600. The van der Waals surface area contributed by atoms with E-state index in [9.17, 15) is 10.0 Å². The zero-order valence-electron chi connectivity index (χ0n) is 12.0. The van der Waals surface area contributed by atoms with Crippen LogP contribution >= 0.6 is 11.8 Å². The molecule has 1 N–H and O–H groups in total. The van der Waals surface area contributed by atoms with Crippen molar-refractivity contribution in [2.24, 2.45) is 5.92 Å². The Morgan fingerprint density at radius 3 is 2.90 bits per heavy atom. The van der Waals surface area contributed by atoms with E-state index in [-0.39, 0.29) is 17.2 Å². The van der Waals surface area contributed by atoms with Crippen molar-refractivity contribution in [3.05, 3.63) is 29.6 Å². The molecule has 1 aromatic heterocycles. The van der Waals surface area contributed by atoms with E-state index in [1.54, 1.807) is 12.1 Å². The highest BCUT2D eigenvalue weighted by atomic mass is 32.2. The van der Waals surface area contributed by atoms with E-state index < -0.39 is 0 Å². The Balaban J connectivity index is 1.90. The van der Waals surface area contributed by atoms with Gasteiger partial charge in [0.2, 0.25) is 5.91 Å². The first-order valence-electron chi connectivity index (χ1n) is 7.23. The largest absolute Gasteiger partial charge is 0.618 e. The predicted octanol–water partition coefficient (Wildman–Crippen LogP) is 2.50. The Kier molecular flexibility index (Phi) is 5.29. The third-order valence-electron chi connectivity index (χ3n) is 3.89. The molecule has 1 aliphatic rings. The summed E-state index contributed by atoms with van der Waals surface area (Å²) in [6.07, 6.45) is 6.16. The Morgan fingerprint density at radius 1 is 1.45 bits per heavy atom. The first kappa shape index (κ1) is 15.2. The third kappa shape index (κ3) is 3.88. The summed E-state index contributed by atoms with van der Waals surface area (Å²) in [5, 5.41) is 15.0. The van der Waals surface area contributed by atoms with E-state index in [0.717, 1.165) is 11.2 Å². The monoisotopic (exact) mass is 294 g/mol. The van der Waals surface area contributed by atoms with Crippen molar-refractivity contribution in [1.82, 2.24) is 5.32 Å². The van der Waals surface area contributed by atoms with Crippen molar-refractivity contribution < 1.29 is 9.52 Å². The minimum Gasteiger partial charge on any atom is -0.618 e. The molecule has 20 heavy (non-hydrogen) atoms. The smallest absolute Gasteiger partial charge is 0.252 e. The van der Waals surface area contributed by atoms with Crippen LogP contribution in [-0.2, 0) is 4.79 Å². The highest BCUT2D eigenvalue weighted by Crippen LogP contribution is 2.25. The van der Waals surface area contributed by atoms with Crippen LogP contribution in [0.15, 0.2) is 29.4 Å². The molecule has 0 radical (unpaired) electrons. The molecular formula is C15H22N2O2S. The normalized spacial score (nSPS) is 24.1. The molecule has 5 heteroatoms. The number of pyridine rings is 1. The van der Waals surface area contributed by atoms with Crippen molar-refractivity contribution in [2.45, 2.75) is 55.8 Å². The van der Waals surface area contributed by atoms with Gasteiger partial charge in [0.15, 0.2) is 6.20 Å². The van der Waals surface area contributed by atoms with Gasteiger partial charge in [0.1, 0.15) is 0 Å². The van der Waals surface area contributed by atoms with Crippen LogP contribution in [0.5, 0.6) is 0 Å². The number of amides is 1. The summed E-state index contributed by atoms with van der Waals surface area (Å²) in [5.41, 5.74) is 0. The van der Waals surface area contributed by atoms with E-state index in [1.807, 2.05) is 13.0 Å². The molecule has 0 unspecified atom stereocenters. The fourth-order valence-corrected chi connectivity index (χ4v) is 3.43. The Bertz CT molecular complexity index is 467. The van der Waals surface area contributed by atoms with Crippen LogP contribution in [0.4, 0.5) is 0 Å². The first-order valence-corrected chi connectivity index (χ1v) is 8.11. The first-order chi connectivity index (χ1) is 9.58. The zero-order valence-corrected chi connectivity index (χ0v) is 12.9. The summed E-state index contributed by atoms with van der Waals surface area (Å²) < 4.78 is 0.803. The molecule has 1 fully saturated rings. The van der Waals surface area contributed by atoms with E-state index >= 15 is 0 Å². The van der Waals surface area contributed by atoms with Crippen LogP contribution in [0.25, 0.3) is 0 Å². The van der Waals surface area contributed by atoms with E-state index in [1.165, 1.54) is 37.2 Å². The van der Waals surface area contributed by atoms with Crippen LogP contribution in [-0.4, -0.2) is 17.2 Å². The predicted molar refractivity (Wildman–Crippen MR) is 80.3 cm³/mol. The minimum atomic E-state index is -0.258. The maximum absolute atomic E-state index is 12.2. The highest BCUT2D eigenvalue weighted by molar-refractivity contribution is 8.00. The van der Waals surface area contributed by atoms with Crippen LogP contribution in [0, 0.1) is 11.1 Å². The van der Waals surface area contributed by atoms with Gasteiger partial charge in [0, 0.05) is 18.2 Å². The van der Waals surface area contributed by atoms with Crippen molar-refractivity contribution in [1.29, 1.82) is 0 Å². The lowest BCUT2D eigenvalue weighted by molar-refractivity contribution is -0.645. The average molecular weight is 294 g/mol. The molecule has 0 saturated heterocycles. The SMILES string of the molecule is C[C@@H]1CCCC[C@@H]1NC(=O)[C@@H](C)Sc1cccc[n+]1[O-]. The molecule has 2 rings (SSSR count). The Morgan fingerprint density at radius 2 is 2.20 bits per heavy atom. The highest BCUT2D eigenvalue weighted by Gasteiger charge is 2.26. The van der Waals surface area contributed by atoms with Gasteiger partial charge in [-0.05, 0) is 43.5 Å².